The van der Waals surface area contributed by atoms with Crippen LogP contribution in [0.2, 0.25) is 0 Å². The number of nitrogens with zero attached hydrogens (tertiary/aromatic N) is 3. The molecule has 0 aliphatic carbocycles. The molecule has 0 N–H and O–H groups in total. The van der Waals surface area contributed by atoms with Crippen LogP contribution in [0.3, 0.4) is 0 Å². The molecule has 1 saturated heterocycles. The minimum absolute atomic E-state index is 0.00838. The number of piperidine rings is 1. The Morgan fingerprint density at radius 1 is 1.06 bits per heavy atom. The van der Waals surface area contributed by atoms with Gasteiger partial charge in [-0.25, -0.2) is 13.8 Å². The van der Waals surface area contributed by atoms with E-state index in [2.05, 4.69) is 4.98 Å². The fraction of sp³-hybridized carbons (Fsp3) is 0.417. The van der Waals surface area contributed by atoms with Gasteiger partial charge in [0.15, 0.2) is 0 Å². The third-order valence-electron chi connectivity index (χ3n) is 5.94. The summed E-state index contributed by atoms with van der Waals surface area (Å²) in [6, 6.07) is 9.91. The van der Waals surface area contributed by atoms with Gasteiger partial charge in [-0.2, -0.15) is 13.2 Å². The maximum atomic E-state index is 13.5. The van der Waals surface area contributed by atoms with Gasteiger partial charge in [0.05, 0.1) is 28.8 Å². The Hall–Kier alpha value is -3.01. The van der Waals surface area contributed by atoms with Crippen molar-refractivity contribution in [1.82, 2.24) is 14.5 Å². The van der Waals surface area contributed by atoms with Crippen LogP contribution in [0, 0.1) is 6.92 Å². The summed E-state index contributed by atoms with van der Waals surface area (Å²) >= 11 is 0. The standard InChI is InChI=1S/C24H24F5N3O2/c1-16-30-20-5-2-4-19(24(27,28)29)21(20)22(33)32(16)17-6-8-18(9-7-17)34-15-3-12-31-13-10-23(25,26)11-14-31/h2,4-9H,3,10-15H2,1H3. The molecule has 182 valence electrons. The number of hydrogen-bond acceptors (Lipinski definition) is 4. The first-order valence-corrected chi connectivity index (χ1v) is 11.0. The zero-order valence-electron chi connectivity index (χ0n) is 18.5. The first-order chi connectivity index (χ1) is 16.0. The van der Waals surface area contributed by atoms with E-state index in [1.54, 1.807) is 31.2 Å². The fourth-order valence-corrected chi connectivity index (χ4v) is 4.15. The molecule has 2 aromatic carbocycles. The van der Waals surface area contributed by atoms with Gasteiger partial charge in [-0.3, -0.25) is 9.36 Å². The van der Waals surface area contributed by atoms with E-state index in [0.29, 0.717) is 44.1 Å². The fourth-order valence-electron chi connectivity index (χ4n) is 4.15. The van der Waals surface area contributed by atoms with Gasteiger partial charge in [-0.1, -0.05) is 6.07 Å². The number of aryl methyl sites for hydroxylation is 1. The topological polar surface area (TPSA) is 47.4 Å². The van der Waals surface area contributed by atoms with E-state index >= 15 is 0 Å². The summed E-state index contributed by atoms with van der Waals surface area (Å²) in [4.78, 5) is 19.2. The van der Waals surface area contributed by atoms with E-state index in [1.807, 2.05) is 4.90 Å². The largest absolute Gasteiger partial charge is 0.494 e. The Balaban J connectivity index is 1.45. The van der Waals surface area contributed by atoms with Crippen LogP contribution in [-0.2, 0) is 6.18 Å². The van der Waals surface area contributed by atoms with Crippen LogP contribution < -0.4 is 10.3 Å². The number of benzene rings is 2. The average molecular weight is 481 g/mol. The Labute approximate surface area is 192 Å². The van der Waals surface area contributed by atoms with Gasteiger partial charge in [0.1, 0.15) is 11.6 Å². The van der Waals surface area contributed by atoms with E-state index < -0.39 is 28.6 Å². The molecular weight excluding hydrogens is 457 g/mol. The first kappa shape index (κ1) is 24.1. The minimum atomic E-state index is -4.68. The minimum Gasteiger partial charge on any atom is -0.494 e. The normalized spacial score (nSPS) is 16.6. The maximum absolute atomic E-state index is 13.5. The van der Waals surface area contributed by atoms with E-state index in [-0.39, 0.29) is 24.2 Å². The SMILES string of the molecule is Cc1nc2cccc(C(F)(F)F)c2c(=O)n1-c1ccc(OCCCN2CCC(F)(F)CC2)cc1. The highest BCUT2D eigenvalue weighted by Crippen LogP contribution is 2.33. The molecule has 1 aliphatic heterocycles. The van der Waals surface area contributed by atoms with Crippen LogP contribution in [0.5, 0.6) is 5.75 Å². The lowest BCUT2D eigenvalue weighted by atomic mass is 10.1. The monoisotopic (exact) mass is 481 g/mol. The smallest absolute Gasteiger partial charge is 0.417 e. The predicted molar refractivity (Wildman–Crippen MR) is 118 cm³/mol. The molecule has 0 atom stereocenters. The lowest BCUT2D eigenvalue weighted by Crippen LogP contribution is -2.40. The van der Waals surface area contributed by atoms with Gasteiger partial charge in [0.25, 0.3) is 11.5 Å². The summed E-state index contributed by atoms with van der Waals surface area (Å²) < 4.78 is 73.6. The summed E-state index contributed by atoms with van der Waals surface area (Å²) in [5, 5.41) is -0.476. The van der Waals surface area contributed by atoms with Gasteiger partial charge in [0, 0.05) is 32.5 Å². The molecule has 0 bridgehead atoms. The number of rotatable bonds is 6. The van der Waals surface area contributed by atoms with E-state index in [4.69, 9.17) is 4.74 Å². The first-order valence-electron chi connectivity index (χ1n) is 11.0. The molecule has 1 aliphatic rings. The highest BCUT2D eigenvalue weighted by molar-refractivity contribution is 5.82. The second-order valence-corrected chi connectivity index (χ2v) is 8.39. The van der Waals surface area contributed by atoms with E-state index in [1.165, 1.54) is 12.1 Å². The number of hydrogen-bond donors (Lipinski definition) is 0. The molecular formula is C24H24F5N3O2. The maximum Gasteiger partial charge on any atom is 0.417 e. The van der Waals surface area contributed by atoms with Crippen LogP contribution in [-0.4, -0.2) is 46.6 Å². The van der Waals surface area contributed by atoms with Crippen molar-refractivity contribution in [2.45, 2.75) is 38.3 Å². The van der Waals surface area contributed by atoms with Crippen molar-refractivity contribution >= 4 is 10.9 Å². The Bertz CT molecular complexity index is 1210. The molecule has 0 saturated carbocycles. The van der Waals surface area contributed by atoms with Crippen LogP contribution >= 0.6 is 0 Å². The number of halogens is 5. The molecule has 10 heteroatoms. The van der Waals surface area contributed by atoms with Crippen LogP contribution in [0.1, 0.15) is 30.7 Å². The van der Waals surface area contributed by atoms with Crippen molar-refractivity contribution in [1.29, 1.82) is 0 Å². The number of aromatic nitrogens is 2. The lowest BCUT2D eigenvalue weighted by Gasteiger charge is -2.31. The van der Waals surface area contributed by atoms with Gasteiger partial charge in [-0.15, -0.1) is 0 Å². The van der Waals surface area contributed by atoms with Gasteiger partial charge < -0.3 is 9.64 Å². The lowest BCUT2D eigenvalue weighted by molar-refractivity contribution is -0.136. The molecule has 34 heavy (non-hydrogen) atoms. The molecule has 5 nitrogen and oxygen atoms in total. The second-order valence-electron chi connectivity index (χ2n) is 8.39. The summed E-state index contributed by atoms with van der Waals surface area (Å²) in [6.07, 6.45) is -4.26. The van der Waals surface area contributed by atoms with Crippen molar-refractivity contribution in [3.05, 3.63) is 64.2 Å². The summed E-state index contributed by atoms with van der Waals surface area (Å²) in [6.45, 7) is 3.34. The van der Waals surface area contributed by atoms with Crippen molar-refractivity contribution in [3.63, 3.8) is 0 Å². The zero-order chi connectivity index (χ0) is 24.5. The highest BCUT2D eigenvalue weighted by atomic mass is 19.4. The van der Waals surface area contributed by atoms with Crippen molar-refractivity contribution < 1.29 is 26.7 Å². The van der Waals surface area contributed by atoms with Crippen molar-refractivity contribution in [2.24, 2.45) is 0 Å². The zero-order valence-corrected chi connectivity index (χ0v) is 18.5. The molecule has 4 rings (SSSR count). The van der Waals surface area contributed by atoms with Crippen LogP contribution in [0.15, 0.2) is 47.3 Å². The summed E-state index contributed by atoms with van der Waals surface area (Å²) in [5.41, 5.74) is -1.45. The van der Waals surface area contributed by atoms with E-state index in [0.717, 1.165) is 10.6 Å². The van der Waals surface area contributed by atoms with Crippen molar-refractivity contribution in [3.8, 4) is 11.4 Å². The number of alkyl halides is 5. The number of fused-ring (bicyclic) bond motifs is 1. The summed E-state index contributed by atoms with van der Waals surface area (Å²) in [7, 11) is 0. The molecule has 1 aromatic heterocycles. The Morgan fingerprint density at radius 3 is 2.38 bits per heavy atom. The Kier molecular flexibility index (Phi) is 6.62. The molecule has 1 fully saturated rings. The molecule has 3 aromatic rings. The highest BCUT2D eigenvalue weighted by Gasteiger charge is 2.35. The number of ether oxygens (including phenoxy) is 1. The molecule has 2 heterocycles. The van der Waals surface area contributed by atoms with Crippen LogP contribution in [0.4, 0.5) is 22.0 Å². The molecule has 0 spiro atoms. The quantitative estimate of drug-likeness (QED) is 0.358. The summed E-state index contributed by atoms with van der Waals surface area (Å²) in [5.74, 6) is -1.77. The third kappa shape index (κ3) is 5.22. The van der Waals surface area contributed by atoms with Gasteiger partial charge in [-0.05, 0) is 49.7 Å². The van der Waals surface area contributed by atoms with Crippen molar-refractivity contribution in [2.75, 3.05) is 26.2 Å². The Morgan fingerprint density at radius 2 is 1.74 bits per heavy atom. The second kappa shape index (κ2) is 9.32. The predicted octanol–water partition coefficient (Wildman–Crippen LogP) is 5.21. The molecule has 0 radical (unpaired) electrons. The molecule has 0 amide bonds. The van der Waals surface area contributed by atoms with Crippen LogP contribution in [0.25, 0.3) is 16.6 Å². The third-order valence-corrected chi connectivity index (χ3v) is 5.94. The number of likely N-dealkylation sites (tertiary alicyclic amines) is 1. The van der Waals surface area contributed by atoms with Gasteiger partial charge in [0.2, 0.25) is 0 Å². The van der Waals surface area contributed by atoms with Gasteiger partial charge >= 0.3 is 6.18 Å². The average Bonchev–Trinajstić information content (AvgIpc) is 2.77. The molecule has 0 unspecified atom stereocenters. The van der Waals surface area contributed by atoms with E-state index in [9.17, 15) is 26.7 Å².